The van der Waals surface area contributed by atoms with Crippen LogP contribution in [-0.2, 0) is 16.9 Å². The number of nitrogens with two attached hydrogens (primary N) is 1. The highest BCUT2D eigenvalue weighted by molar-refractivity contribution is 5.92. The molecule has 0 radical (unpaired) electrons. The van der Waals surface area contributed by atoms with Gasteiger partial charge in [0.05, 0.1) is 13.7 Å². The third-order valence-corrected chi connectivity index (χ3v) is 3.98. The van der Waals surface area contributed by atoms with Gasteiger partial charge < -0.3 is 20.5 Å². The summed E-state index contributed by atoms with van der Waals surface area (Å²) in [4.78, 5) is 13.9. The molecule has 1 fully saturated rings. The van der Waals surface area contributed by atoms with Gasteiger partial charge in [-0.1, -0.05) is 24.3 Å². The topological polar surface area (TPSA) is 75.8 Å². The Kier molecular flexibility index (Phi) is 3.50. The fourth-order valence-electron chi connectivity index (χ4n) is 2.64. The molecule has 1 aliphatic rings. The van der Waals surface area contributed by atoms with E-state index in [4.69, 9.17) is 10.5 Å². The van der Waals surface area contributed by atoms with E-state index in [9.17, 15) is 9.90 Å². The number of carbonyl (C=O) groups is 1. The predicted octanol–water partition coefficient (Wildman–Crippen LogP) is 1.51. The van der Waals surface area contributed by atoms with Crippen LogP contribution in [0.5, 0.6) is 5.75 Å². The van der Waals surface area contributed by atoms with Gasteiger partial charge in [-0.25, -0.2) is 0 Å². The Morgan fingerprint density at radius 1 is 1.18 bits per heavy atom. The van der Waals surface area contributed by atoms with E-state index in [0.717, 1.165) is 11.3 Å². The average Bonchev–Trinajstić information content (AvgIpc) is 2.55. The second kappa shape index (κ2) is 5.35. The van der Waals surface area contributed by atoms with Crippen molar-refractivity contribution in [1.29, 1.82) is 0 Å². The van der Waals surface area contributed by atoms with Crippen molar-refractivity contribution in [2.45, 2.75) is 12.1 Å². The van der Waals surface area contributed by atoms with E-state index in [2.05, 4.69) is 0 Å². The molecule has 1 saturated heterocycles. The number of nitrogens with zero attached hydrogens (tertiary/aromatic N) is 1. The van der Waals surface area contributed by atoms with Crippen molar-refractivity contribution in [1.82, 2.24) is 4.90 Å². The first-order valence-electron chi connectivity index (χ1n) is 7.03. The molecule has 3 N–H and O–H groups in total. The van der Waals surface area contributed by atoms with Crippen LogP contribution in [0, 0.1) is 0 Å². The lowest BCUT2D eigenvalue weighted by atomic mass is 9.84. The molecule has 1 amide bonds. The van der Waals surface area contributed by atoms with Gasteiger partial charge >= 0.3 is 0 Å². The van der Waals surface area contributed by atoms with Gasteiger partial charge in [-0.15, -0.1) is 0 Å². The Hall–Kier alpha value is -2.53. The first-order valence-corrected chi connectivity index (χ1v) is 7.03. The number of amides is 1. The third kappa shape index (κ3) is 2.40. The van der Waals surface area contributed by atoms with Crippen LogP contribution in [0.2, 0.25) is 0 Å². The molecule has 2 aromatic carbocycles. The minimum absolute atomic E-state index is 0.280. The maximum atomic E-state index is 12.3. The summed E-state index contributed by atoms with van der Waals surface area (Å²) in [7, 11) is 1.61. The summed E-state index contributed by atoms with van der Waals surface area (Å²) in [6.07, 6.45) is 0. The van der Waals surface area contributed by atoms with Gasteiger partial charge in [0.2, 0.25) is 0 Å². The van der Waals surface area contributed by atoms with Gasteiger partial charge in [-0.2, -0.15) is 0 Å². The minimum Gasteiger partial charge on any atom is -0.497 e. The van der Waals surface area contributed by atoms with Crippen molar-refractivity contribution in [2.24, 2.45) is 0 Å². The number of likely N-dealkylation sites (tertiary alicyclic amines) is 1. The van der Waals surface area contributed by atoms with Gasteiger partial charge in [0.1, 0.15) is 5.75 Å². The summed E-state index contributed by atoms with van der Waals surface area (Å²) in [5, 5.41) is 10.5. The first-order chi connectivity index (χ1) is 10.5. The van der Waals surface area contributed by atoms with Gasteiger partial charge in [-0.05, 0) is 35.4 Å². The summed E-state index contributed by atoms with van der Waals surface area (Å²) in [6.45, 7) is 0.752. The summed E-state index contributed by atoms with van der Waals surface area (Å²) in [5.41, 5.74) is 6.38. The number of β-amino-alcohol motifs (C(OH)–C–C–N with tert-alkyl or cyclic N) is 1. The lowest BCUT2D eigenvalue weighted by Crippen LogP contribution is -2.63. The molecule has 1 heterocycles. The number of methoxy groups -OCH3 is 1. The van der Waals surface area contributed by atoms with E-state index >= 15 is 0 Å². The molecular weight excluding hydrogens is 280 g/mol. The standard InChI is InChI=1S/C17H18N2O3/c1-22-15-8-2-12(3-9-15)10-19-11-17(21,16(19)20)13-4-6-14(18)7-5-13/h2-9,21H,10-11,18H2,1H3. The molecule has 3 rings (SSSR count). The highest BCUT2D eigenvalue weighted by Gasteiger charge is 2.51. The molecule has 2 aromatic rings. The first kappa shape index (κ1) is 14.4. The maximum absolute atomic E-state index is 12.3. The molecular formula is C17H18N2O3. The molecule has 1 unspecified atom stereocenters. The number of β-lactam (4-membered cyclic amide) rings is 1. The summed E-state index contributed by atoms with van der Waals surface area (Å²) >= 11 is 0. The zero-order valence-corrected chi connectivity index (χ0v) is 12.3. The molecule has 1 atom stereocenters. The second-order valence-corrected chi connectivity index (χ2v) is 5.49. The molecule has 114 valence electrons. The Morgan fingerprint density at radius 3 is 2.36 bits per heavy atom. The number of benzene rings is 2. The van der Waals surface area contributed by atoms with Crippen LogP contribution < -0.4 is 10.5 Å². The van der Waals surface area contributed by atoms with E-state index in [0.29, 0.717) is 17.8 Å². The van der Waals surface area contributed by atoms with Crippen LogP contribution in [0.25, 0.3) is 0 Å². The quantitative estimate of drug-likeness (QED) is 0.662. The predicted molar refractivity (Wildman–Crippen MR) is 83.2 cm³/mol. The zero-order valence-electron chi connectivity index (χ0n) is 12.3. The second-order valence-electron chi connectivity index (χ2n) is 5.49. The average molecular weight is 298 g/mol. The summed E-state index contributed by atoms with van der Waals surface area (Å²) < 4.78 is 5.11. The lowest BCUT2D eigenvalue weighted by Gasteiger charge is -2.45. The molecule has 0 aliphatic carbocycles. The molecule has 5 heteroatoms. The zero-order chi connectivity index (χ0) is 15.7. The van der Waals surface area contributed by atoms with Crippen molar-refractivity contribution in [2.75, 3.05) is 19.4 Å². The Morgan fingerprint density at radius 2 is 1.82 bits per heavy atom. The van der Waals surface area contributed by atoms with E-state index in [-0.39, 0.29) is 12.5 Å². The Bertz CT molecular complexity index is 682. The fourth-order valence-corrected chi connectivity index (χ4v) is 2.64. The van der Waals surface area contributed by atoms with Gasteiger partial charge in [0.25, 0.3) is 5.91 Å². The van der Waals surface area contributed by atoms with Crippen molar-refractivity contribution in [3.63, 3.8) is 0 Å². The minimum atomic E-state index is -1.43. The molecule has 1 aliphatic heterocycles. The molecule has 0 aromatic heterocycles. The number of nitrogen functional groups attached to an aromatic ring is 1. The number of anilines is 1. The molecule has 0 saturated carbocycles. The van der Waals surface area contributed by atoms with Crippen LogP contribution in [0.1, 0.15) is 11.1 Å². The normalized spacial score (nSPS) is 20.6. The SMILES string of the molecule is COc1ccc(CN2CC(O)(c3ccc(N)cc3)C2=O)cc1. The van der Waals surface area contributed by atoms with Crippen molar-refractivity contribution in [3.8, 4) is 5.75 Å². The number of carbonyl (C=O) groups excluding carboxylic acids is 1. The number of hydrogen-bond acceptors (Lipinski definition) is 4. The lowest BCUT2D eigenvalue weighted by molar-refractivity contribution is -0.178. The van der Waals surface area contributed by atoms with Gasteiger partial charge in [-0.3, -0.25) is 4.79 Å². The van der Waals surface area contributed by atoms with E-state index in [1.165, 1.54) is 0 Å². The molecule has 0 bridgehead atoms. The number of hydrogen-bond donors (Lipinski definition) is 2. The van der Waals surface area contributed by atoms with Crippen LogP contribution in [-0.4, -0.2) is 29.6 Å². The fraction of sp³-hybridized carbons (Fsp3) is 0.235. The maximum Gasteiger partial charge on any atom is 0.261 e. The van der Waals surface area contributed by atoms with Crippen LogP contribution in [0.3, 0.4) is 0 Å². The van der Waals surface area contributed by atoms with Gasteiger partial charge in [0, 0.05) is 12.2 Å². The third-order valence-electron chi connectivity index (χ3n) is 3.98. The smallest absolute Gasteiger partial charge is 0.261 e. The summed E-state index contributed by atoms with van der Waals surface area (Å²) in [6, 6.07) is 14.3. The molecule has 0 spiro atoms. The highest BCUT2D eigenvalue weighted by Crippen LogP contribution is 2.34. The number of rotatable bonds is 4. The highest BCUT2D eigenvalue weighted by atomic mass is 16.5. The summed E-state index contributed by atoms with van der Waals surface area (Å²) in [5.74, 6) is 0.491. The van der Waals surface area contributed by atoms with Crippen molar-refractivity contribution < 1.29 is 14.6 Å². The molecule has 5 nitrogen and oxygen atoms in total. The molecule has 22 heavy (non-hydrogen) atoms. The van der Waals surface area contributed by atoms with E-state index in [1.54, 1.807) is 36.3 Å². The Balaban J connectivity index is 1.69. The van der Waals surface area contributed by atoms with E-state index in [1.807, 2.05) is 24.3 Å². The monoisotopic (exact) mass is 298 g/mol. The number of ether oxygens (including phenoxy) is 1. The largest absolute Gasteiger partial charge is 0.497 e. The van der Waals surface area contributed by atoms with E-state index < -0.39 is 5.60 Å². The van der Waals surface area contributed by atoms with Gasteiger partial charge in [0.15, 0.2) is 5.60 Å². The van der Waals surface area contributed by atoms with Crippen molar-refractivity contribution in [3.05, 3.63) is 59.7 Å². The van der Waals surface area contributed by atoms with Crippen LogP contribution >= 0.6 is 0 Å². The Labute approximate surface area is 128 Å². The number of aliphatic hydroxyl groups is 1. The van der Waals surface area contributed by atoms with Crippen LogP contribution in [0.15, 0.2) is 48.5 Å². The van der Waals surface area contributed by atoms with Crippen LogP contribution in [0.4, 0.5) is 5.69 Å². The van der Waals surface area contributed by atoms with Crippen molar-refractivity contribution >= 4 is 11.6 Å².